The molecule has 0 nitrogen and oxygen atoms in total. The van der Waals surface area contributed by atoms with Gasteiger partial charge in [0.1, 0.15) is 0 Å². The van der Waals surface area contributed by atoms with Crippen molar-refractivity contribution in [3.8, 4) is 0 Å². The third kappa shape index (κ3) is 5.32. The average molecular weight is 420 g/mol. The molecule has 1 unspecified atom stereocenters. The molecule has 0 radical (unpaired) electrons. The minimum Gasteiger partial charge on any atom is -0.153 e. The smallest absolute Gasteiger partial charge is 0.0919 e. The Kier molecular flexibility index (Phi) is 7.63. The van der Waals surface area contributed by atoms with Gasteiger partial charge < -0.3 is 0 Å². The van der Waals surface area contributed by atoms with E-state index in [-0.39, 0.29) is 0 Å². The molecule has 0 bridgehead atoms. The molecule has 1 aromatic rings. The van der Waals surface area contributed by atoms with Gasteiger partial charge in [-0.2, -0.15) is 11.3 Å². The highest BCUT2D eigenvalue weighted by Crippen LogP contribution is 2.29. The van der Waals surface area contributed by atoms with E-state index in [9.17, 15) is 0 Å². The van der Waals surface area contributed by atoms with Gasteiger partial charge in [-0.05, 0) is 38.3 Å². The Morgan fingerprint density at radius 2 is 1.50 bits per heavy atom. The van der Waals surface area contributed by atoms with Crippen LogP contribution in [-0.4, -0.2) is 16.1 Å². The summed E-state index contributed by atoms with van der Waals surface area (Å²) in [4.78, 5) is 0. The number of unbranched alkanes of at least 4 members (excludes halogenated alkanes) is 1. The van der Waals surface area contributed by atoms with Crippen LogP contribution in [0.1, 0.15) is 45.1 Å². The summed E-state index contributed by atoms with van der Waals surface area (Å²) < 4.78 is 4.93. The summed E-state index contributed by atoms with van der Waals surface area (Å²) in [6.07, 6.45) is 6.70. The Labute approximate surface area is 153 Å². The molecule has 1 rings (SSSR count). The zero-order chi connectivity index (χ0) is 17.1. The van der Waals surface area contributed by atoms with E-state index >= 15 is 0 Å². The van der Waals surface area contributed by atoms with E-state index < -0.39 is 16.1 Å². The predicted molar refractivity (Wildman–Crippen MR) is 115 cm³/mol. The maximum Gasteiger partial charge on any atom is 0.0919 e. The average Bonchev–Trinajstić information content (AvgIpc) is 2.71. The van der Waals surface area contributed by atoms with E-state index in [1.165, 1.54) is 36.6 Å². The van der Waals surface area contributed by atoms with Crippen molar-refractivity contribution >= 4 is 52.4 Å². The topological polar surface area (TPSA) is 0 Å². The number of rotatable bonds is 8. The fraction of sp³-hybridized carbons (Fsp3) is 0.778. The van der Waals surface area contributed by atoms with Crippen molar-refractivity contribution in [1.82, 2.24) is 0 Å². The Morgan fingerprint density at radius 3 is 1.91 bits per heavy atom. The van der Waals surface area contributed by atoms with Crippen LogP contribution in [0.3, 0.4) is 0 Å². The largest absolute Gasteiger partial charge is 0.153 e. The SMILES string of the molecule is CCCCC(CC)Cc1c([Si](C)(C)C)sc([Si](C)(C)C)c1Br. The first-order valence-corrected chi connectivity index (χ1v) is 17.4. The zero-order valence-corrected chi connectivity index (χ0v) is 20.3. The van der Waals surface area contributed by atoms with Gasteiger partial charge in [-0.15, -0.1) is 0 Å². The molecule has 1 atom stereocenters. The first-order chi connectivity index (χ1) is 10.0. The van der Waals surface area contributed by atoms with E-state index in [1.807, 2.05) is 0 Å². The van der Waals surface area contributed by atoms with E-state index in [0.29, 0.717) is 0 Å². The van der Waals surface area contributed by atoms with Crippen LogP contribution in [0, 0.1) is 5.92 Å². The zero-order valence-electron chi connectivity index (χ0n) is 15.9. The van der Waals surface area contributed by atoms with Crippen LogP contribution in [0.25, 0.3) is 0 Å². The summed E-state index contributed by atoms with van der Waals surface area (Å²) in [6.45, 7) is 19.7. The van der Waals surface area contributed by atoms with Crippen LogP contribution >= 0.6 is 27.3 Å². The van der Waals surface area contributed by atoms with Gasteiger partial charge in [-0.1, -0.05) is 78.8 Å². The molecule has 0 fully saturated rings. The van der Waals surface area contributed by atoms with Crippen molar-refractivity contribution in [1.29, 1.82) is 0 Å². The third-order valence-corrected chi connectivity index (χ3v) is 14.3. The normalized spacial score (nSPS) is 14.4. The first kappa shape index (κ1) is 20.7. The summed E-state index contributed by atoms with van der Waals surface area (Å²) >= 11 is 6.18. The van der Waals surface area contributed by atoms with Gasteiger partial charge in [-0.25, -0.2) is 0 Å². The molecule has 0 amide bonds. The summed E-state index contributed by atoms with van der Waals surface area (Å²) in [7, 11) is -2.53. The van der Waals surface area contributed by atoms with E-state index in [4.69, 9.17) is 0 Å². The highest BCUT2D eigenvalue weighted by Gasteiger charge is 2.32. The number of hydrogen-bond acceptors (Lipinski definition) is 1. The van der Waals surface area contributed by atoms with Crippen molar-refractivity contribution in [2.75, 3.05) is 0 Å². The molecule has 0 aromatic carbocycles. The molecule has 4 heteroatoms. The molecule has 128 valence electrons. The van der Waals surface area contributed by atoms with Crippen LogP contribution < -0.4 is 9.00 Å². The minimum absolute atomic E-state index is 0.857. The Morgan fingerprint density at radius 1 is 0.955 bits per heavy atom. The van der Waals surface area contributed by atoms with E-state index in [1.54, 1.807) is 14.6 Å². The number of hydrogen-bond donors (Lipinski definition) is 0. The molecule has 1 heterocycles. The van der Waals surface area contributed by atoms with Gasteiger partial charge in [0.15, 0.2) is 0 Å². The van der Waals surface area contributed by atoms with Gasteiger partial charge in [0.05, 0.1) is 16.1 Å². The third-order valence-electron chi connectivity index (χ3n) is 4.34. The lowest BCUT2D eigenvalue weighted by atomic mass is 9.93. The van der Waals surface area contributed by atoms with Crippen LogP contribution in [-0.2, 0) is 6.42 Å². The predicted octanol–water partition coefficient (Wildman–Crippen LogP) is 6.36. The second-order valence-electron chi connectivity index (χ2n) is 8.67. The lowest BCUT2D eigenvalue weighted by Gasteiger charge is -2.20. The number of thiophene rings is 1. The molecule has 0 saturated heterocycles. The summed E-state index contributed by atoms with van der Waals surface area (Å²) in [5.41, 5.74) is 1.68. The highest BCUT2D eigenvalue weighted by atomic mass is 79.9. The summed E-state index contributed by atoms with van der Waals surface area (Å²) in [6, 6.07) is 0. The molecule has 0 spiro atoms. The van der Waals surface area contributed by atoms with Crippen LogP contribution in [0.2, 0.25) is 39.3 Å². The van der Waals surface area contributed by atoms with Crippen LogP contribution in [0.15, 0.2) is 4.47 Å². The Balaban J connectivity index is 3.23. The quantitative estimate of drug-likeness (QED) is 0.430. The van der Waals surface area contributed by atoms with Gasteiger partial charge >= 0.3 is 0 Å². The lowest BCUT2D eigenvalue weighted by molar-refractivity contribution is 0.450. The molecule has 0 aliphatic rings. The van der Waals surface area contributed by atoms with Crippen molar-refractivity contribution in [2.45, 2.75) is 85.2 Å². The minimum atomic E-state index is -1.27. The molecule has 0 aliphatic heterocycles. The van der Waals surface area contributed by atoms with Crippen LogP contribution in [0.4, 0.5) is 0 Å². The fourth-order valence-electron chi connectivity index (χ4n) is 2.95. The molecule has 1 aromatic heterocycles. The summed E-state index contributed by atoms with van der Waals surface area (Å²) in [5.74, 6) is 0.857. The van der Waals surface area contributed by atoms with Gasteiger partial charge in [0.2, 0.25) is 0 Å². The maximum absolute atomic E-state index is 4.02. The maximum atomic E-state index is 4.02. The van der Waals surface area contributed by atoms with E-state index in [2.05, 4.69) is 80.4 Å². The fourth-order valence-corrected chi connectivity index (χ4v) is 11.7. The Bertz CT molecular complexity index is 481. The molecular weight excluding hydrogens is 384 g/mol. The lowest BCUT2D eigenvalue weighted by Crippen LogP contribution is -2.39. The molecule has 0 saturated carbocycles. The summed E-state index contributed by atoms with van der Waals surface area (Å²) in [5, 5.41) is 0. The van der Waals surface area contributed by atoms with Gasteiger partial charge in [0.25, 0.3) is 0 Å². The highest BCUT2D eigenvalue weighted by molar-refractivity contribution is 9.10. The van der Waals surface area contributed by atoms with E-state index in [0.717, 1.165) is 5.92 Å². The molecule has 0 aliphatic carbocycles. The monoisotopic (exact) mass is 418 g/mol. The van der Waals surface area contributed by atoms with Gasteiger partial charge in [-0.3, -0.25) is 0 Å². The molecule has 22 heavy (non-hydrogen) atoms. The van der Waals surface area contributed by atoms with Crippen molar-refractivity contribution in [2.24, 2.45) is 5.92 Å². The second-order valence-corrected chi connectivity index (χ2v) is 21.2. The first-order valence-electron chi connectivity index (χ1n) is 8.84. The standard InChI is InChI=1S/C18H35BrSSi2/c1-9-11-12-14(10-2)13-15-16(19)18(22(6,7)8)20-17(15)21(3,4)5/h14H,9-13H2,1-8H3. The van der Waals surface area contributed by atoms with Crippen molar-refractivity contribution in [3.63, 3.8) is 0 Å². The van der Waals surface area contributed by atoms with Crippen LogP contribution in [0.5, 0.6) is 0 Å². The van der Waals surface area contributed by atoms with Crippen molar-refractivity contribution < 1.29 is 0 Å². The number of halogens is 1. The molecular formula is C18H35BrSSi2. The second kappa shape index (κ2) is 8.13. The molecule has 0 N–H and O–H groups in total. The van der Waals surface area contributed by atoms with Gasteiger partial charge in [0, 0.05) is 8.97 Å². The Hall–Kier alpha value is 0.614. The van der Waals surface area contributed by atoms with Crippen molar-refractivity contribution in [3.05, 3.63) is 10.0 Å².